The van der Waals surface area contributed by atoms with E-state index in [1.165, 1.54) is 11.1 Å². The topological polar surface area (TPSA) is 29.9 Å². The maximum absolute atomic E-state index is 5.89. The zero-order valence-electron chi connectivity index (χ0n) is 11.5. The van der Waals surface area contributed by atoms with Gasteiger partial charge in [-0.3, -0.25) is 0 Å². The molecule has 3 aromatic rings. The summed E-state index contributed by atoms with van der Waals surface area (Å²) in [6.45, 7) is 1.61. The largest absolute Gasteiger partial charge is 0.381 e. The van der Waals surface area contributed by atoms with Gasteiger partial charge in [0.05, 0.1) is 6.33 Å². The van der Waals surface area contributed by atoms with Crippen LogP contribution in [0.3, 0.4) is 0 Å². The Morgan fingerprint density at radius 1 is 1.05 bits per heavy atom. The molecule has 0 saturated carbocycles. The van der Waals surface area contributed by atoms with E-state index in [2.05, 4.69) is 39.1 Å². The van der Waals surface area contributed by atoms with Gasteiger partial charge in [-0.2, -0.15) is 0 Å². The Labute approximate surface area is 129 Å². The van der Waals surface area contributed by atoms with Crippen LogP contribution in [-0.2, 0) is 13.1 Å². The number of benzene rings is 2. The van der Waals surface area contributed by atoms with Gasteiger partial charge in [-0.1, -0.05) is 35.9 Å². The zero-order valence-corrected chi connectivity index (χ0v) is 12.3. The van der Waals surface area contributed by atoms with Crippen molar-refractivity contribution in [3.63, 3.8) is 0 Å². The average Bonchev–Trinajstić information content (AvgIpc) is 3.00. The molecule has 106 valence electrons. The predicted octanol–water partition coefficient (Wildman–Crippen LogP) is 4.20. The average molecular weight is 298 g/mol. The molecule has 21 heavy (non-hydrogen) atoms. The minimum atomic E-state index is 0.765. The lowest BCUT2D eigenvalue weighted by atomic mass is 10.2. The molecule has 3 rings (SSSR count). The first-order chi connectivity index (χ1) is 10.3. The summed E-state index contributed by atoms with van der Waals surface area (Å²) in [4.78, 5) is 4.06. The number of anilines is 1. The Balaban J connectivity index is 1.64. The first-order valence-electron chi connectivity index (χ1n) is 6.82. The highest BCUT2D eigenvalue weighted by atomic mass is 35.5. The monoisotopic (exact) mass is 297 g/mol. The molecule has 0 bridgehead atoms. The molecule has 0 fully saturated rings. The van der Waals surface area contributed by atoms with Crippen LogP contribution < -0.4 is 5.32 Å². The normalized spacial score (nSPS) is 10.5. The highest BCUT2D eigenvalue weighted by molar-refractivity contribution is 6.30. The van der Waals surface area contributed by atoms with E-state index in [9.17, 15) is 0 Å². The molecule has 0 atom stereocenters. The smallest absolute Gasteiger partial charge is 0.0949 e. The second-order valence-corrected chi connectivity index (χ2v) is 5.35. The van der Waals surface area contributed by atoms with Crippen LogP contribution in [0.5, 0.6) is 0 Å². The van der Waals surface area contributed by atoms with E-state index >= 15 is 0 Å². The third kappa shape index (κ3) is 3.86. The third-order valence-corrected chi connectivity index (χ3v) is 3.51. The molecule has 1 N–H and O–H groups in total. The van der Waals surface area contributed by atoms with Crippen molar-refractivity contribution in [1.82, 2.24) is 9.55 Å². The third-order valence-electron chi connectivity index (χ3n) is 3.26. The fourth-order valence-corrected chi connectivity index (χ4v) is 2.30. The van der Waals surface area contributed by atoms with Gasteiger partial charge < -0.3 is 9.88 Å². The van der Waals surface area contributed by atoms with E-state index in [1.807, 2.05) is 36.8 Å². The molecule has 0 amide bonds. The van der Waals surface area contributed by atoms with Gasteiger partial charge in [0.1, 0.15) is 0 Å². The Hall–Kier alpha value is -2.26. The van der Waals surface area contributed by atoms with E-state index in [1.54, 1.807) is 6.20 Å². The number of halogens is 1. The van der Waals surface area contributed by atoms with E-state index < -0.39 is 0 Å². The second kappa shape index (κ2) is 6.46. The fourth-order valence-electron chi connectivity index (χ4n) is 2.18. The van der Waals surface area contributed by atoms with Gasteiger partial charge in [0.2, 0.25) is 0 Å². The van der Waals surface area contributed by atoms with Gasteiger partial charge in [-0.05, 0) is 35.4 Å². The first-order valence-corrected chi connectivity index (χ1v) is 7.20. The summed E-state index contributed by atoms with van der Waals surface area (Å²) in [7, 11) is 0. The van der Waals surface area contributed by atoms with Crippen molar-refractivity contribution in [1.29, 1.82) is 0 Å². The number of nitrogens with zero attached hydrogens (tertiary/aromatic N) is 2. The maximum Gasteiger partial charge on any atom is 0.0949 e. The summed E-state index contributed by atoms with van der Waals surface area (Å²) in [5.74, 6) is 0. The molecule has 1 heterocycles. The number of hydrogen-bond donors (Lipinski definition) is 1. The Bertz CT molecular complexity index is 690. The molecule has 4 heteroatoms. The lowest BCUT2D eigenvalue weighted by Gasteiger charge is -2.09. The molecule has 0 spiro atoms. The molecule has 0 aliphatic carbocycles. The standard InChI is InChI=1S/C17H16ClN3/c18-16-6-4-14(5-7-16)11-20-17-3-1-2-15(10-17)12-21-9-8-19-13-21/h1-10,13,20H,11-12H2. The summed E-state index contributed by atoms with van der Waals surface area (Å²) >= 11 is 5.89. The van der Waals surface area contributed by atoms with Crippen molar-refractivity contribution >= 4 is 17.3 Å². The SMILES string of the molecule is Clc1ccc(CNc2cccc(Cn3ccnc3)c2)cc1. The van der Waals surface area contributed by atoms with E-state index in [-0.39, 0.29) is 0 Å². The quantitative estimate of drug-likeness (QED) is 0.765. The van der Waals surface area contributed by atoms with Crippen LogP contribution in [0.1, 0.15) is 11.1 Å². The molecule has 3 nitrogen and oxygen atoms in total. The second-order valence-electron chi connectivity index (χ2n) is 4.92. The van der Waals surface area contributed by atoms with Gasteiger partial charge in [0.15, 0.2) is 0 Å². The number of nitrogens with one attached hydrogen (secondary N) is 1. The summed E-state index contributed by atoms with van der Waals surface area (Å²) in [5, 5.41) is 4.20. The predicted molar refractivity (Wildman–Crippen MR) is 86.5 cm³/mol. The van der Waals surface area contributed by atoms with Crippen LogP contribution >= 0.6 is 11.6 Å². The van der Waals surface area contributed by atoms with E-state index in [4.69, 9.17) is 11.6 Å². The molecule has 0 unspecified atom stereocenters. The minimum Gasteiger partial charge on any atom is -0.381 e. The van der Waals surface area contributed by atoms with Gasteiger partial charge in [0, 0.05) is 36.2 Å². The van der Waals surface area contributed by atoms with Crippen molar-refractivity contribution in [3.05, 3.63) is 83.4 Å². The van der Waals surface area contributed by atoms with Gasteiger partial charge in [-0.15, -0.1) is 0 Å². The summed E-state index contributed by atoms with van der Waals surface area (Å²) < 4.78 is 2.05. The van der Waals surface area contributed by atoms with Crippen LogP contribution in [-0.4, -0.2) is 9.55 Å². The van der Waals surface area contributed by atoms with Gasteiger partial charge in [-0.25, -0.2) is 4.98 Å². The molecule has 0 aliphatic rings. The molecule has 1 aromatic heterocycles. The van der Waals surface area contributed by atoms with Crippen LogP contribution in [0.25, 0.3) is 0 Å². The van der Waals surface area contributed by atoms with Gasteiger partial charge in [0.25, 0.3) is 0 Å². The number of imidazole rings is 1. The summed E-state index contributed by atoms with van der Waals surface area (Å²) in [6, 6.07) is 16.3. The van der Waals surface area contributed by atoms with Crippen molar-refractivity contribution < 1.29 is 0 Å². The van der Waals surface area contributed by atoms with Gasteiger partial charge >= 0.3 is 0 Å². The fraction of sp³-hybridized carbons (Fsp3) is 0.118. The van der Waals surface area contributed by atoms with E-state index in [0.717, 1.165) is 23.8 Å². The lowest BCUT2D eigenvalue weighted by Crippen LogP contribution is -2.01. The maximum atomic E-state index is 5.89. The molecule has 0 saturated heterocycles. The van der Waals surface area contributed by atoms with Crippen molar-refractivity contribution in [2.75, 3.05) is 5.32 Å². The summed E-state index contributed by atoms with van der Waals surface area (Å²) in [5.41, 5.74) is 3.57. The van der Waals surface area contributed by atoms with Crippen LogP contribution in [0, 0.1) is 0 Å². The van der Waals surface area contributed by atoms with Crippen LogP contribution in [0.2, 0.25) is 5.02 Å². The number of aromatic nitrogens is 2. The van der Waals surface area contributed by atoms with Crippen molar-refractivity contribution in [2.24, 2.45) is 0 Å². The van der Waals surface area contributed by atoms with Crippen LogP contribution in [0.4, 0.5) is 5.69 Å². The van der Waals surface area contributed by atoms with Crippen molar-refractivity contribution in [3.8, 4) is 0 Å². The zero-order chi connectivity index (χ0) is 14.5. The molecule has 2 aromatic carbocycles. The Kier molecular flexibility index (Phi) is 4.22. The van der Waals surface area contributed by atoms with Crippen molar-refractivity contribution in [2.45, 2.75) is 13.1 Å². The molecule has 0 radical (unpaired) electrons. The molecular formula is C17H16ClN3. The number of hydrogen-bond acceptors (Lipinski definition) is 2. The molecular weight excluding hydrogens is 282 g/mol. The Morgan fingerprint density at radius 2 is 1.90 bits per heavy atom. The highest BCUT2D eigenvalue weighted by Gasteiger charge is 1.98. The molecule has 0 aliphatic heterocycles. The first kappa shape index (κ1) is 13.7. The summed E-state index contributed by atoms with van der Waals surface area (Å²) in [6.07, 6.45) is 5.59. The lowest BCUT2D eigenvalue weighted by molar-refractivity contribution is 0.797. The number of rotatable bonds is 5. The van der Waals surface area contributed by atoms with Crippen LogP contribution in [0.15, 0.2) is 67.3 Å². The Morgan fingerprint density at radius 3 is 2.67 bits per heavy atom. The highest BCUT2D eigenvalue weighted by Crippen LogP contribution is 2.14. The minimum absolute atomic E-state index is 0.765. The van der Waals surface area contributed by atoms with E-state index in [0.29, 0.717) is 0 Å².